The van der Waals surface area contributed by atoms with E-state index >= 15 is 0 Å². The summed E-state index contributed by atoms with van der Waals surface area (Å²) >= 11 is 1.27. The van der Waals surface area contributed by atoms with E-state index in [-0.39, 0.29) is 5.91 Å². The molecule has 6 heteroatoms. The van der Waals surface area contributed by atoms with Gasteiger partial charge >= 0.3 is 0 Å². The number of thioether (sulfide) groups is 1. The van der Waals surface area contributed by atoms with E-state index in [2.05, 4.69) is 15.3 Å². The van der Waals surface area contributed by atoms with Gasteiger partial charge in [-0.3, -0.25) is 4.79 Å². The van der Waals surface area contributed by atoms with Gasteiger partial charge in [0.25, 0.3) is 0 Å². The highest BCUT2D eigenvalue weighted by Crippen LogP contribution is 2.11. The molecule has 0 aliphatic rings. The van der Waals surface area contributed by atoms with E-state index in [9.17, 15) is 4.79 Å². The number of nitrogens with two attached hydrogens (primary N) is 1. The van der Waals surface area contributed by atoms with E-state index in [1.807, 2.05) is 0 Å². The molecule has 1 rings (SSSR count). The number of amides is 1. The van der Waals surface area contributed by atoms with Gasteiger partial charge in [-0.05, 0) is 0 Å². The minimum Gasteiger partial charge on any atom is -0.396 e. The van der Waals surface area contributed by atoms with Crippen molar-refractivity contribution >= 4 is 23.4 Å². The Balaban J connectivity index is 2.46. The summed E-state index contributed by atoms with van der Waals surface area (Å²) in [6.07, 6.45) is 3.03. The Hall–Kier alpha value is -1.30. The number of aromatic nitrogens is 2. The van der Waals surface area contributed by atoms with Crippen LogP contribution in [0.2, 0.25) is 0 Å². The van der Waals surface area contributed by atoms with Gasteiger partial charge in [0.05, 0.1) is 23.8 Å². The number of anilines is 1. The second-order valence-corrected chi connectivity index (χ2v) is 3.20. The van der Waals surface area contributed by atoms with Crippen molar-refractivity contribution in [2.24, 2.45) is 0 Å². The lowest BCUT2D eigenvalue weighted by molar-refractivity contribution is -0.118. The van der Waals surface area contributed by atoms with Gasteiger partial charge in [0, 0.05) is 7.05 Å². The van der Waals surface area contributed by atoms with Crippen LogP contribution in [0.3, 0.4) is 0 Å². The topological polar surface area (TPSA) is 80.9 Å². The van der Waals surface area contributed by atoms with E-state index in [4.69, 9.17) is 5.73 Å². The van der Waals surface area contributed by atoms with Gasteiger partial charge in [0.2, 0.25) is 5.91 Å². The number of hydrogen-bond acceptors (Lipinski definition) is 5. The Labute approximate surface area is 80.1 Å². The molecule has 1 aromatic rings. The smallest absolute Gasteiger partial charge is 0.230 e. The van der Waals surface area contributed by atoms with Crippen molar-refractivity contribution in [3.05, 3.63) is 12.4 Å². The van der Waals surface area contributed by atoms with Crippen molar-refractivity contribution in [1.82, 2.24) is 15.3 Å². The third-order valence-electron chi connectivity index (χ3n) is 1.26. The van der Waals surface area contributed by atoms with Gasteiger partial charge in [-0.2, -0.15) is 0 Å². The first-order valence-electron chi connectivity index (χ1n) is 3.63. The van der Waals surface area contributed by atoms with E-state index in [1.165, 1.54) is 24.2 Å². The monoisotopic (exact) mass is 198 g/mol. The average molecular weight is 198 g/mol. The van der Waals surface area contributed by atoms with E-state index in [0.29, 0.717) is 16.6 Å². The normalized spacial score (nSPS) is 9.62. The molecule has 0 aromatic carbocycles. The summed E-state index contributed by atoms with van der Waals surface area (Å²) < 4.78 is 0. The second kappa shape index (κ2) is 4.66. The van der Waals surface area contributed by atoms with E-state index in [1.54, 1.807) is 7.05 Å². The van der Waals surface area contributed by atoms with Crippen molar-refractivity contribution in [1.29, 1.82) is 0 Å². The van der Waals surface area contributed by atoms with Crippen LogP contribution < -0.4 is 11.1 Å². The molecule has 70 valence electrons. The van der Waals surface area contributed by atoms with Crippen LogP contribution >= 0.6 is 11.8 Å². The molecule has 0 aliphatic heterocycles. The van der Waals surface area contributed by atoms with Crippen LogP contribution in [0.25, 0.3) is 0 Å². The van der Waals surface area contributed by atoms with Gasteiger partial charge in [-0.1, -0.05) is 11.8 Å². The maximum atomic E-state index is 10.8. The van der Waals surface area contributed by atoms with Crippen molar-refractivity contribution in [3.63, 3.8) is 0 Å². The van der Waals surface area contributed by atoms with Gasteiger partial charge < -0.3 is 11.1 Å². The van der Waals surface area contributed by atoms with Crippen molar-refractivity contribution < 1.29 is 4.79 Å². The number of carbonyl (C=O) groups excluding carboxylic acids is 1. The Morgan fingerprint density at radius 3 is 2.77 bits per heavy atom. The third-order valence-corrected chi connectivity index (χ3v) is 2.13. The molecule has 0 spiro atoms. The molecule has 0 radical (unpaired) electrons. The summed E-state index contributed by atoms with van der Waals surface area (Å²) in [5.74, 6) is 0.269. The number of nitrogens with one attached hydrogen (secondary N) is 1. The Bertz CT molecular complexity index is 287. The van der Waals surface area contributed by atoms with E-state index in [0.717, 1.165) is 0 Å². The molecule has 0 bridgehead atoms. The fourth-order valence-corrected chi connectivity index (χ4v) is 1.26. The molecule has 0 aliphatic carbocycles. The molecule has 5 nitrogen and oxygen atoms in total. The summed E-state index contributed by atoms with van der Waals surface area (Å²) in [6.45, 7) is 0. The van der Waals surface area contributed by atoms with Gasteiger partial charge in [0.15, 0.2) is 5.16 Å². The predicted molar refractivity (Wildman–Crippen MR) is 51.2 cm³/mol. The Morgan fingerprint density at radius 2 is 2.23 bits per heavy atom. The van der Waals surface area contributed by atoms with Crippen LogP contribution in [-0.4, -0.2) is 28.7 Å². The van der Waals surface area contributed by atoms with E-state index < -0.39 is 0 Å². The maximum absolute atomic E-state index is 10.8. The first-order chi connectivity index (χ1) is 6.22. The highest BCUT2D eigenvalue weighted by atomic mass is 32.2. The fourth-order valence-electron chi connectivity index (χ4n) is 0.603. The molecule has 1 amide bonds. The predicted octanol–water partition coefficient (Wildman–Crippen LogP) is -0.103. The van der Waals surface area contributed by atoms with Crippen molar-refractivity contribution in [2.75, 3.05) is 18.5 Å². The lowest BCUT2D eigenvalue weighted by atomic mass is 10.6. The molecule has 0 saturated heterocycles. The second-order valence-electron chi connectivity index (χ2n) is 2.26. The quantitative estimate of drug-likeness (QED) is 0.523. The molecular weight excluding hydrogens is 188 g/mol. The SMILES string of the molecule is CNC(=O)CSc1ncc(N)cn1. The fraction of sp³-hybridized carbons (Fsp3) is 0.286. The minimum atomic E-state index is -0.0505. The number of nitrogens with zero attached hydrogens (tertiary/aromatic N) is 2. The molecule has 0 unspecified atom stereocenters. The van der Waals surface area contributed by atoms with Crippen LogP contribution in [0.1, 0.15) is 0 Å². The zero-order chi connectivity index (χ0) is 9.68. The van der Waals surface area contributed by atoms with Crippen molar-refractivity contribution in [2.45, 2.75) is 5.16 Å². The number of hydrogen-bond donors (Lipinski definition) is 2. The highest BCUT2D eigenvalue weighted by Gasteiger charge is 2.01. The van der Waals surface area contributed by atoms with Crippen LogP contribution in [0.4, 0.5) is 5.69 Å². The van der Waals surface area contributed by atoms with Crippen LogP contribution in [0.5, 0.6) is 0 Å². The van der Waals surface area contributed by atoms with Crippen molar-refractivity contribution in [3.8, 4) is 0 Å². The number of nitrogen functional groups attached to an aromatic ring is 1. The molecular formula is C7H10N4OS. The summed E-state index contributed by atoms with van der Waals surface area (Å²) in [5.41, 5.74) is 5.91. The number of rotatable bonds is 3. The maximum Gasteiger partial charge on any atom is 0.230 e. The van der Waals surface area contributed by atoms with Gasteiger partial charge in [0.1, 0.15) is 0 Å². The lowest BCUT2D eigenvalue weighted by Gasteiger charge is -1.98. The zero-order valence-corrected chi connectivity index (χ0v) is 7.97. The Kier molecular flexibility index (Phi) is 3.51. The van der Waals surface area contributed by atoms with Gasteiger partial charge in [-0.15, -0.1) is 0 Å². The highest BCUT2D eigenvalue weighted by molar-refractivity contribution is 7.99. The molecule has 0 atom stereocenters. The van der Waals surface area contributed by atoms with Gasteiger partial charge in [-0.25, -0.2) is 9.97 Å². The third kappa shape index (κ3) is 3.29. The summed E-state index contributed by atoms with van der Waals surface area (Å²) in [6, 6.07) is 0. The number of carbonyl (C=O) groups is 1. The average Bonchev–Trinajstić information content (AvgIpc) is 2.16. The standard InChI is InChI=1S/C7H10N4OS/c1-9-6(12)4-13-7-10-2-5(8)3-11-7/h2-3H,4,8H2,1H3,(H,9,12). The molecule has 1 heterocycles. The minimum absolute atomic E-state index is 0.0505. The molecule has 0 saturated carbocycles. The van der Waals surface area contributed by atoms with Crippen LogP contribution in [0, 0.1) is 0 Å². The first kappa shape index (κ1) is 9.79. The summed E-state index contributed by atoms with van der Waals surface area (Å²) in [5, 5.41) is 3.06. The Morgan fingerprint density at radius 1 is 1.62 bits per heavy atom. The van der Waals surface area contributed by atoms with Crippen LogP contribution in [-0.2, 0) is 4.79 Å². The summed E-state index contributed by atoms with van der Waals surface area (Å²) in [4.78, 5) is 18.7. The molecule has 3 N–H and O–H groups in total. The zero-order valence-electron chi connectivity index (χ0n) is 7.15. The first-order valence-corrected chi connectivity index (χ1v) is 4.62. The molecule has 13 heavy (non-hydrogen) atoms. The summed E-state index contributed by atoms with van der Waals surface area (Å²) in [7, 11) is 1.59. The molecule has 0 fully saturated rings. The lowest BCUT2D eigenvalue weighted by Crippen LogP contribution is -2.19. The largest absolute Gasteiger partial charge is 0.396 e. The molecule has 1 aromatic heterocycles. The van der Waals surface area contributed by atoms with Crippen LogP contribution in [0.15, 0.2) is 17.6 Å².